The first kappa shape index (κ1) is 12.6. The highest BCUT2D eigenvalue weighted by molar-refractivity contribution is 9.11. The van der Waals surface area contributed by atoms with Gasteiger partial charge < -0.3 is 5.32 Å². The van der Waals surface area contributed by atoms with Crippen molar-refractivity contribution >= 4 is 31.9 Å². The van der Waals surface area contributed by atoms with Gasteiger partial charge in [-0.25, -0.2) is 0 Å². The van der Waals surface area contributed by atoms with Crippen LogP contribution in [0.25, 0.3) is 0 Å². The summed E-state index contributed by atoms with van der Waals surface area (Å²) in [5.41, 5.74) is 4.23. The lowest BCUT2D eigenvalue weighted by Gasteiger charge is -2.32. The van der Waals surface area contributed by atoms with E-state index in [1.165, 1.54) is 38.5 Å². The van der Waals surface area contributed by atoms with Gasteiger partial charge >= 0.3 is 0 Å². The lowest BCUT2D eigenvalue weighted by Crippen LogP contribution is -2.24. The third-order valence-corrected chi connectivity index (χ3v) is 5.26. The van der Waals surface area contributed by atoms with Gasteiger partial charge in [0.1, 0.15) is 0 Å². The molecule has 1 nitrogen and oxygen atoms in total. The summed E-state index contributed by atoms with van der Waals surface area (Å²) in [7, 11) is 2.05. The summed E-state index contributed by atoms with van der Waals surface area (Å²) in [5, 5.41) is 3.43. The zero-order valence-corrected chi connectivity index (χ0v) is 13.1. The Hall–Kier alpha value is 0.140. The van der Waals surface area contributed by atoms with Gasteiger partial charge in [0, 0.05) is 15.0 Å². The van der Waals surface area contributed by atoms with Crippen LogP contribution in [0.5, 0.6) is 0 Å². The summed E-state index contributed by atoms with van der Waals surface area (Å²) in [6.07, 6.45) is 2.48. The SMILES string of the molecule is CNC1CCC(C)c2c(Br)cc(C)c(Br)c21. The molecule has 1 aliphatic carbocycles. The molecule has 1 N–H and O–H groups in total. The van der Waals surface area contributed by atoms with Crippen LogP contribution in [-0.2, 0) is 0 Å². The Kier molecular flexibility index (Phi) is 3.77. The summed E-state index contributed by atoms with van der Waals surface area (Å²) in [6, 6.07) is 2.70. The first-order valence-corrected chi connectivity index (χ1v) is 7.30. The largest absolute Gasteiger partial charge is 0.313 e. The van der Waals surface area contributed by atoms with Gasteiger partial charge in [-0.3, -0.25) is 0 Å². The fraction of sp³-hybridized carbons (Fsp3) is 0.538. The van der Waals surface area contributed by atoms with E-state index in [-0.39, 0.29) is 0 Å². The van der Waals surface area contributed by atoms with Crippen molar-refractivity contribution in [1.82, 2.24) is 5.32 Å². The Morgan fingerprint density at radius 1 is 1.25 bits per heavy atom. The van der Waals surface area contributed by atoms with Crippen LogP contribution >= 0.6 is 31.9 Å². The Morgan fingerprint density at radius 3 is 2.56 bits per heavy atom. The van der Waals surface area contributed by atoms with E-state index in [4.69, 9.17) is 0 Å². The molecule has 16 heavy (non-hydrogen) atoms. The lowest BCUT2D eigenvalue weighted by molar-refractivity contribution is 0.456. The van der Waals surface area contributed by atoms with Crippen LogP contribution in [0.1, 0.15) is 48.4 Å². The average molecular weight is 347 g/mol. The fourth-order valence-corrected chi connectivity index (χ4v) is 4.18. The number of rotatable bonds is 1. The first-order valence-electron chi connectivity index (χ1n) is 5.72. The molecule has 3 heteroatoms. The van der Waals surface area contributed by atoms with Crippen molar-refractivity contribution in [3.63, 3.8) is 0 Å². The molecule has 88 valence electrons. The van der Waals surface area contributed by atoms with Gasteiger partial charge in [-0.1, -0.05) is 38.8 Å². The fourth-order valence-electron chi connectivity index (χ4n) is 2.63. The summed E-state index contributed by atoms with van der Waals surface area (Å²) in [6.45, 7) is 4.47. The summed E-state index contributed by atoms with van der Waals surface area (Å²) >= 11 is 7.46. The lowest BCUT2D eigenvalue weighted by atomic mass is 9.80. The minimum Gasteiger partial charge on any atom is -0.313 e. The standard InChI is InChI=1S/C13H17Br2N/c1-7-4-5-10(16-3)12-11(7)9(14)6-8(2)13(12)15/h6-7,10,16H,4-5H2,1-3H3. The molecule has 0 spiro atoms. The number of hydrogen-bond acceptors (Lipinski definition) is 1. The second-order valence-electron chi connectivity index (χ2n) is 4.64. The number of nitrogens with one attached hydrogen (secondary N) is 1. The minimum atomic E-state index is 0.483. The van der Waals surface area contributed by atoms with Gasteiger partial charge in [-0.15, -0.1) is 0 Å². The monoisotopic (exact) mass is 345 g/mol. The second kappa shape index (κ2) is 4.79. The predicted octanol–water partition coefficient (Wildman–Crippen LogP) is 4.68. The van der Waals surface area contributed by atoms with Crippen molar-refractivity contribution < 1.29 is 0 Å². The summed E-state index contributed by atoms with van der Waals surface area (Å²) in [4.78, 5) is 0. The van der Waals surface area contributed by atoms with Gasteiger partial charge in [-0.05, 0) is 55.5 Å². The highest BCUT2D eigenvalue weighted by Crippen LogP contribution is 2.45. The topological polar surface area (TPSA) is 12.0 Å². The molecule has 2 rings (SSSR count). The van der Waals surface area contributed by atoms with Crippen molar-refractivity contribution in [3.05, 3.63) is 31.7 Å². The van der Waals surface area contributed by atoms with E-state index >= 15 is 0 Å². The van der Waals surface area contributed by atoms with E-state index in [2.05, 4.69) is 57.1 Å². The number of benzene rings is 1. The van der Waals surface area contributed by atoms with Gasteiger partial charge in [0.05, 0.1) is 0 Å². The van der Waals surface area contributed by atoms with Gasteiger partial charge in [0.25, 0.3) is 0 Å². The molecule has 0 radical (unpaired) electrons. The van der Waals surface area contributed by atoms with Crippen molar-refractivity contribution in [3.8, 4) is 0 Å². The number of aryl methyl sites for hydroxylation is 1. The molecule has 0 heterocycles. The van der Waals surface area contributed by atoms with E-state index in [9.17, 15) is 0 Å². The van der Waals surface area contributed by atoms with E-state index in [1.54, 1.807) is 0 Å². The number of halogens is 2. The van der Waals surface area contributed by atoms with Crippen molar-refractivity contribution in [1.29, 1.82) is 0 Å². The van der Waals surface area contributed by atoms with Crippen LogP contribution in [0.2, 0.25) is 0 Å². The highest BCUT2D eigenvalue weighted by atomic mass is 79.9. The van der Waals surface area contributed by atoms with Crippen LogP contribution in [0.15, 0.2) is 15.0 Å². The van der Waals surface area contributed by atoms with Crippen LogP contribution < -0.4 is 5.32 Å². The average Bonchev–Trinajstić information content (AvgIpc) is 2.25. The van der Waals surface area contributed by atoms with Crippen LogP contribution in [-0.4, -0.2) is 7.05 Å². The molecule has 2 atom stereocenters. The minimum absolute atomic E-state index is 0.483. The number of fused-ring (bicyclic) bond motifs is 1. The summed E-state index contributed by atoms with van der Waals surface area (Å²) < 4.78 is 2.53. The normalized spacial score (nSPS) is 24.3. The Morgan fingerprint density at radius 2 is 1.94 bits per heavy atom. The zero-order valence-electron chi connectivity index (χ0n) is 9.90. The molecular weight excluding hydrogens is 330 g/mol. The van der Waals surface area contributed by atoms with E-state index in [0.29, 0.717) is 12.0 Å². The summed E-state index contributed by atoms with van der Waals surface area (Å²) in [5.74, 6) is 0.644. The third kappa shape index (κ3) is 1.98. The number of hydrogen-bond donors (Lipinski definition) is 1. The van der Waals surface area contributed by atoms with Crippen molar-refractivity contribution in [2.75, 3.05) is 7.05 Å². The van der Waals surface area contributed by atoms with Gasteiger partial charge in [0.2, 0.25) is 0 Å². The molecule has 0 bridgehead atoms. The van der Waals surface area contributed by atoms with Gasteiger partial charge in [-0.2, -0.15) is 0 Å². The Bertz CT molecular complexity index is 415. The maximum atomic E-state index is 3.75. The molecule has 1 aromatic carbocycles. The highest BCUT2D eigenvalue weighted by Gasteiger charge is 2.28. The van der Waals surface area contributed by atoms with Crippen LogP contribution in [0, 0.1) is 6.92 Å². The Labute approximate surface area is 114 Å². The maximum Gasteiger partial charge on any atom is 0.0332 e. The third-order valence-electron chi connectivity index (χ3n) is 3.55. The molecule has 1 aliphatic rings. The van der Waals surface area contributed by atoms with E-state index in [1.807, 2.05) is 7.05 Å². The quantitative estimate of drug-likeness (QED) is 0.778. The molecule has 0 aromatic heterocycles. The first-order chi connectivity index (χ1) is 7.56. The zero-order chi connectivity index (χ0) is 11.9. The molecule has 2 unspecified atom stereocenters. The second-order valence-corrected chi connectivity index (χ2v) is 6.28. The molecule has 0 fully saturated rings. The molecular formula is C13H17Br2N. The van der Waals surface area contributed by atoms with Crippen molar-refractivity contribution in [2.45, 2.75) is 38.6 Å². The molecule has 0 aliphatic heterocycles. The molecule has 0 amide bonds. The van der Waals surface area contributed by atoms with E-state index < -0.39 is 0 Å². The smallest absolute Gasteiger partial charge is 0.0332 e. The molecule has 1 aromatic rings. The van der Waals surface area contributed by atoms with Gasteiger partial charge in [0.15, 0.2) is 0 Å². The maximum absolute atomic E-state index is 3.75. The molecule has 0 saturated carbocycles. The Balaban J connectivity index is 2.67. The van der Waals surface area contributed by atoms with Crippen LogP contribution in [0.4, 0.5) is 0 Å². The van der Waals surface area contributed by atoms with Crippen LogP contribution in [0.3, 0.4) is 0 Å². The van der Waals surface area contributed by atoms with E-state index in [0.717, 1.165) is 0 Å². The molecule has 0 saturated heterocycles. The van der Waals surface area contributed by atoms with Crippen molar-refractivity contribution in [2.24, 2.45) is 0 Å². The predicted molar refractivity (Wildman–Crippen MR) is 76.0 cm³/mol.